The monoisotopic (exact) mass is 203 g/mol. The Kier molecular flexibility index (Phi) is 3.38. The van der Waals surface area contributed by atoms with Crippen LogP contribution in [-0.4, -0.2) is 12.5 Å². The first kappa shape index (κ1) is 10.2. The fraction of sp³-hybridized carbons (Fsp3) is 0.462. The summed E-state index contributed by atoms with van der Waals surface area (Å²) in [4.78, 5) is 11.5. The first-order valence-corrected chi connectivity index (χ1v) is 5.65. The van der Waals surface area contributed by atoms with E-state index in [1.165, 1.54) is 19.3 Å². The molecule has 80 valence electrons. The predicted molar refractivity (Wildman–Crippen MR) is 60.5 cm³/mol. The smallest absolute Gasteiger partial charge is 0.224 e. The van der Waals surface area contributed by atoms with Gasteiger partial charge in [-0.1, -0.05) is 36.8 Å². The van der Waals surface area contributed by atoms with E-state index in [-0.39, 0.29) is 5.91 Å². The van der Waals surface area contributed by atoms with Gasteiger partial charge >= 0.3 is 0 Å². The van der Waals surface area contributed by atoms with Crippen LogP contribution in [-0.2, 0) is 11.2 Å². The molecule has 0 aromatic heterocycles. The average Bonchev–Trinajstić information content (AvgIpc) is 2.17. The number of carbonyl (C=O) groups is 1. The van der Waals surface area contributed by atoms with Gasteiger partial charge in [0.2, 0.25) is 5.91 Å². The van der Waals surface area contributed by atoms with Gasteiger partial charge in [-0.25, -0.2) is 0 Å². The first-order valence-electron chi connectivity index (χ1n) is 5.65. The molecule has 0 heterocycles. The maximum atomic E-state index is 11.5. The van der Waals surface area contributed by atoms with Crippen LogP contribution in [0.25, 0.3) is 0 Å². The summed E-state index contributed by atoms with van der Waals surface area (Å²) < 4.78 is 0. The zero-order chi connectivity index (χ0) is 10.5. The number of hydrogen-bond donors (Lipinski definition) is 1. The van der Waals surface area contributed by atoms with Gasteiger partial charge in [-0.2, -0.15) is 0 Å². The Balaban J connectivity index is 1.72. The van der Waals surface area contributed by atoms with Crippen LogP contribution in [0, 0.1) is 5.92 Å². The molecule has 1 aliphatic carbocycles. The molecule has 1 aliphatic rings. The third-order valence-corrected chi connectivity index (χ3v) is 3.02. The van der Waals surface area contributed by atoms with E-state index in [2.05, 4.69) is 5.32 Å². The van der Waals surface area contributed by atoms with Gasteiger partial charge in [-0.05, 0) is 24.3 Å². The summed E-state index contributed by atoms with van der Waals surface area (Å²) in [5.74, 6) is 0.887. The third-order valence-electron chi connectivity index (χ3n) is 3.02. The molecule has 15 heavy (non-hydrogen) atoms. The van der Waals surface area contributed by atoms with Crippen LogP contribution in [0.15, 0.2) is 30.3 Å². The SMILES string of the molecule is O=C(Cc1ccccc1)NCC1CCC1. The zero-order valence-corrected chi connectivity index (χ0v) is 8.91. The Morgan fingerprint density at radius 2 is 2.00 bits per heavy atom. The van der Waals surface area contributed by atoms with Crippen molar-refractivity contribution in [2.75, 3.05) is 6.54 Å². The summed E-state index contributed by atoms with van der Waals surface area (Å²) in [5.41, 5.74) is 1.09. The van der Waals surface area contributed by atoms with Gasteiger partial charge in [-0.3, -0.25) is 4.79 Å². The van der Waals surface area contributed by atoms with Gasteiger partial charge in [0.1, 0.15) is 0 Å². The molecule has 0 bridgehead atoms. The van der Waals surface area contributed by atoms with Gasteiger partial charge < -0.3 is 5.32 Å². The lowest BCUT2D eigenvalue weighted by Gasteiger charge is -2.25. The molecule has 1 amide bonds. The summed E-state index contributed by atoms with van der Waals surface area (Å²) in [6.45, 7) is 0.867. The summed E-state index contributed by atoms with van der Waals surface area (Å²) >= 11 is 0. The van der Waals surface area contributed by atoms with E-state index >= 15 is 0 Å². The Bertz CT molecular complexity index is 317. The highest BCUT2D eigenvalue weighted by Crippen LogP contribution is 2.25. The van der Waals surface area contributed by atoms with E-state index in [1.807, 2.05) is 30.3 Å². The molecular weight excluding hydrogens is 186 g/mol. The van der Waals surface area contributed by atoms with Crippen molar-refractivity contribution in [3.05, 3.63) is 35.9 Å². The van der Waals surface area contributed by atoms with E-state index < -0.39 is 0 Å². The molecule has 0 radical (unpaired) electrons. The average molecular weight is 203 g/mol. The summed E-state index contributed by atoms with van der Waals surface area (Å²) in [6, 6.07) is 9.88. The van der Waals surface area contributed by atoms with Crippen LogP contribution in [0.1, 0.15) is 24.8 Å². The van der Waals surface area contributed by atoms with E-state index in [1.54, 1.807) is 0 Å². The molecule has 0 aliphatic heterocycles. The molecule has 1 saturated carbocycles. The number of amides is 1. The van der Waals surface area contributed by atoms with Crippen molar-refractivity contribution < 1.29 is 4.79 Å². The van der Waals surface area contributed by atoms with E-state index in [4.69, 9.17) is 0 Å². The van der Waals surface area contributed by atoms with Crippen LogP contribution in [0.5, 0.6) is 0 Å². The number of hydrogen-bond acceptors (Lipinski definition) is 1. The Labute approximate surface area is 90.7 Å². The molecule has 1 aromatic carbocycles. The second-order valence-corrected chi connectivity index (χ2v) is 4.26. The quantitative estimate of drug-likeness (QED) is 0.798. The number of carbonyl (C=O) groups excluding carboxylic acids is 1. The van der Waals surface area contributed by atoms with E-state index in [0.717, 1.165) is 18.0 Å². The van der Waals surface area contributed by atoms with Crippen molar-refractivity contribution in [3.63, 3.8) is 0 Å². The number of nitrogens with one attached hydrogen (secondary N) is 1. The van der Waals surface area contributed by atoms with Crippen LogP contribution >= 0.6 is 0 Å². The zero-order valence-electron chi connectivity index (χ0n) is 8.91. The van der Waals surface area contributed by atoms with Crippen molar-refractivity contribution in [1.29, 1.82) is 0 Å². The lowest BCUT2D eigenvalue weighted by molar-refractivity contribution is -0.120. The molecule has 1 N–H and O–H groups in total. The van der Waals surface area contributed by atoms with Crippen LogP contribution in [0.3, 0.4) is 0 Å². The lowest BCUT2D eigenvalue weighted by Crippen LogP contribution is -2.33. The Morgan fingerprint density at radius 3 is 2.60 bits per heavy atom. The molecule has 0 spiro atoms. The molecular formula is C13H17NO. The van der Waals surface area contributed by atoms with Crippen LogP contribution < -0.4 is 5.32 Å². The van der Waals surface area contributed by atoms with Gasteiger partial charge in [0, 0.05) is 6.54 Å². The van der Waals surface area contributed by atoms with Gasteiger partial charge in [-0.15, -0.1) is 0 Å². The Hall–Kier alpha value is -1.31. The van der Waals surface area contributed by atoms with E-state index in [9.17, 15) is 4.79 Å². The highest BCUT2D eigenvalue weighted by atomic mass is 16.1. The molecule has 2 rings (SSSR count). The van der Waals surface area contributed by atoms with Crippen molar-refractivity contribution >= 4 is 5.91 Å². The molecule has 0 atom stereocenters. The highest BCUT2D eigenvalue weighted by molar-refractivity contribution is 5.78. The summed E-state index contributed by atoms with van der Waals surface area (Å²) in [6.07, 6.45) is 4.41. The maximum Gasteiger partial charge on any atom is 0.224 e. The standard InChI is InChI=1S/C13H17NO/c15-13(14-10-12-7-4-8-12)9-11-5-2-1-3-6-11/h1-3,5-6,12H,4,7-10H2,(H,14,15). The van der Waals surface area contributed by atoms with Gasteiger partial charge in [0.05, 0.1) is 6.42 Å². The number of rotatable bonds is 4. The van der Waals surface area contributed by atoms with Crippen LogP contribution in [0.4, 0.5) is 0 Å². The third kappa shape index (κ3) is 3.08. The van der Waals surface area contributed by atoms with Crippen molar-refractivity contribution in [2.24, 2.45) is 5.92 Å². The largest absolute Gasteiger partial charge is 0.356 e. The molecule has 2 nitrogen and oxygen atoms in total. The highest BCUT2D eigenvalue weighted by Gasteiger charge is 2.17. The first-order chi connectivity index (χ1) is 7.34. The van der Waals surface area contributed by atoms with Gasteiger partial charge in [0.25, 0.3) is 0 Å². The minimum Gasteiger partial charge on any atom is -0.356 e. The fourth-order valence-corrected chi connectivity index (χ4v) is 1.80. The summed E-state index contributed by atoms with van der Waals surface area (Å²) in [5, 5.41) is 2.99. The van der Waals surface area contributed by atoms with Crippen molar-refractivity contribution in [1.82, 2.24) is 5.32 Å². The topological polar surface area (TPSA) is 29.1 Å². The Morgan fingerprint density at radius 1 is 1.27 bits per heavy atom. The van der Waals surface area contributed by atoms with Crippen molar-refractivity contribution in [2.45, 2.75) is 25.7 Å². The molecule has 0 unspecified atom stereocenters. The summed E-state index contributed by atoms with van der Waals surface area (Å²) in [7, 11) is 0. The number of benzene rings is 1. The fourth-order valence-electron chi connectivity index (χ4n) is 1.80. The maximum absolute atomic E-state index is 11.5. The second kappa shape index (κ2) is 4.96. The lowest BCUT2D eigenvalue weighted by atomic mass is 9.85. The van der Waals surface area contributed by atoms with Gasteiger partial charge in [0.15, 0.2) is 0 Å². The van der Waals surface area contributed by atoms with E-state index in [0.29, 0.717) is 6.42 Å². The molecule has 1 fully saturated rings. The molecule has 0 saturated heterocycles. The van der Waals surface area contributed by atoms with Crippen molar-refractivity contribution in [3.8, 4) is 0 Å². The molecule has 2 heteroatoms. The normalized spacial score (nSPS) is 15.7. The predicted octanol–water partition coefficient (Wildman–Crippen LogP) is 2.15. The molecule has 1 aromatic rings. The van der Waals surface area contributed by atoms with Crippen LogP contribution in [0.2, 0.25) is 0 Å². The minimum absolute atomic E-state index is 0.146. The minimum atomic E-state index is 0.146. The second-order valence-electron chi connectivity index (χ2n) is 4.26.